The first-order valence-corrected chi connectivity index (χ1v) is 9.63. The molecule has 2 aliphatic rings. The van der Waals surface area contributed by atoms with Crippen LogP contribution in [0.1, 0.15) is 87.2 Å². The zero-order valence-corrected chi connectivity index (χ0v) is 16.9. The summed E-state index contributed by atoms with van der Waals surface area (Å²) >= 11 is 1.62. The third-order valence-corrected chi connectivity index (χ3v) is 6.44. The van der Waals surface area contributed by atoms with Gasteiger partial charge in [-0.2, -0.15) is 0 Å². The molecule has 1 aromatic rings. The SMILES string of the molecule is Br.[Sn][c]1cccc(C2CCCCC2)c1C1CCCCC1. The Labute approximate surface area is 148 Å². The molecule has 3 rings (SSSR count). The van der Waals surface area contributed by atoms with Crippen molar-refractivity contribution in [3.8, 4) is 0 Å². The molecule has 0 spiro atoms. The normalized spacial score (nSPS) is 21.4. The summed E-state index contributed by atoms with van der Waals surface area (Å²) in [7, 11) is 0. The molecule has 20 heavy (non-hydrogen) atoms. The molecule has 0 aliphatic heterocycles. The van der Waals surface area contributed by atoms with Crippen LogP contribution in [-0.2, 0) is 0 Å². The second kappa shape index (κ2) is 8.22. The van der Waals surface area contributed by atoms with Gasteiger partial charge in [0.25, 0.3) is 0 Å². The standard InChI is InChI=1S/C18H25.BrH.Sn/c1-3-9-15(10-4-1)17-13-7-8-14-18(17)16-11-5-2-6-12-16;;/h7-8,13,15-16H,1-6,9-12H2;1H;. The van der Waals surface area contributed by atoms with Crippen molar-refractivity contribution in [2.24, 2.45) is 0 Å². The molecule has 0 heterocycles. The Morgan fingerprint density at radius 2 is 1.30 bits per heavy atom. The first-order chi connectivity index (χ1) is 9.36. The van der Waals surface area contributed by atoms with Crippen LogP contribution in [0.15, 0.2) is 18.2 Å². The Morgan fingerprint density at radius 1 is 0.750 bits per heavy atom. The number of rotatable bonds is 2. The van der Waals surface area contributed by atoms with E-state index in [1.807, 2.05) is 0 Å². The maximum atomic E-state index is 2.47. The minimum absolute atomic E-state index is 0. The van der Waals surface area contributed by atoms with Gasteiger partial charge in [-0.25, -0.2) is 0 Å². The molecule has 0 amide bonds. The van der Waals surface area contributed by atoms with Crippen molar-refractivity contribution >= 4 is 43.1 Å². The van der Waals surface area contributed by atoms with Crippen LogP contribution < -0.4 is 3.58 Å². The summed E-state index contributed by atoms with van der Waals surface area (Å²) in [6.45, 7) is 0. The first-order valence-electron chi connectivity index (χ1n) is 8.20. The van der Waals surface area contributed by atoms with Crippen LogP contribution in [0.4, 0.5) is 0 Å². The third-order valence-electron chi connectivity index (χ3n) is 5.20. The van der Waals surface area contributed by atoms with Crippen molar-refractivity contribution in [3.63, 3.8) is 0 Å². The van der Waals surface area contributed by atoms with Crippen LogP contribution in [0, 0.1) is 0 Å². The van der Waals surface area contributed by atoms with E-state index >= 15 is 0 Å². The van der Waals surface area contributed by atoms with Crippen LogP contribution in [0.2, 0.25) is 0 Å². The molecule has 0 aromatic heterocycles. The average Bonchev–Trinajstić information content (AvgIpc) is 2.49. The third kappa shape index (κ3) is 3.82. The zero-order valence-electron chi connectivity index (χ0n) is 12.4. The molecule has 0 saturated heterocycles. The van der Waals surface area contributed by atoms with Crippen LogP contribution in [0.3, 0.4) is 0 Å². The van der Waals surface area contributed by atoms with E-state index in [-0.39, 0.29) is 17.0 Å². The van der Waals surface area contributed by atoms with Gasteiger partial charge in [-0.05, 0) is 0 Å². The summed E-state index contributed by atoms with van der Waals surface area (Å²) in [5, 5.41) is 0. The molecule has 2 fully saturated rings. The second-order valence-electron chi connectivity index (χ2n) is 6.48. The molecule has 0 atom stereocenters. The molecule has 1 aromatic carbocycles. The van der Waals surface area contributed by atoms with Crippen molar-refractivity contribution in [1.29, 1.82) is 0 Å². The quantitative estimate of drug-likeness (QED) is 0.557. The predicted octanol–water partition coefficient (Wildman–Crippen LogP) is 5.15. The van der Waals surface area contributed by atoms with E-state index < -0.39 is 0 Å². The second-order valence-corrected chi connectivity index (χ2v) is 8.02. The average molecular weight is 441 g/mol. The fourth-order valence-electron chi connectivity index (χ4n) is 4.20. The summed E-state index contributed by atoms with van der Waals surface area (Å²) in [4.78, 5) is 0. The summed E-state index contributed by atoms with van der Waals surface area (Å²) in [6, 6.07) is 7.17. The number of halogens is 1. The first kappa shape index (κ1) is 16.9. The summed E-state index contributed by atoms with van der Waals surface area (Å²) < 4.78 is 1.65. The monoisotopic (exact) mass is 441 g/mol. The molecule has 0 unspecified atom stereocenters. The molecule has 2 heteroatoms. The molecule has 109 valence electrons. The zero-order chi connectivity index (χ0) is 13.1. The number of hydrogen-bond acceptors (Lipinski definition) is 0. The Balaban J connectivity index is 0.00000147. The van der Waals surface area contributed by atoms with Crippen molar-refractivity contribution in [1.82, 2.24) is 0 Å². The van der Waals surface area contributed by atoms with Gasteiger partial charge in [-0.1, -0.05) is 0 Å². The van der Waals surface area contributed by atoms with Gasteiger partial charge in [0.2, 0.25) is 0 Å². The number of benzene rings is 1. The van der Waals surface area contributed by atoms with Crippen molar-refractivity contribution in [3.05, 3.63) is 29.3 Å². The van der Waals surface area contributed by atoms with E-state index in [0.717, 1.165) is 11.8 Å². The maximum absolute atomic E-state index is 2.47. The van der Waals surface area contributed by atoms with E-state index in [4.69, 9.17) is 0 Å². The number of hydrogen-bond donors (Lipinski definition) is 0. The van der Waals surface area contributed by atoms with E-state index in [1.165, 1.54) is 64.2 Å². The van der Waals surface area contributed by atoms with Crippen molar-refractivity contribution < 1.29 is 0 Å². The Kier molecular flexibility index (Phi) is 6.93. The van der Waals surface area contributed by atoms with Crippen LogP contribution in [-0.4, -0.2) is 22.5 Å². The van der Waals surface area contributed by atoms with Gasteiger partial charge in [0.05, 0.1) is 0 Å². The van der Waals surface area contributed by atoms with E-state index in [9.17, 15) is 0 Å². The summed E-state index contributed by atoms with van der Waals surface area (Å²) in [5.74, 6) is 1.77. The predicted molar refractivity (Wildman–Crippen MR) is 93.8 cm³/mol. The fourth-order valence-corrected chi connectivity index (χ4v) is 5.47. The molecule has 0 N–H and O–H groups in total. The molecular formula is C18H26BrSn. The van der Waals surface area contributed by atoms with Crippen LogP contribution in [0.5, 0.6) is 0 Å². The van der Waals surface area contributed by atoms with Gasteiger partial charge >= 0.3 is 131 Å². The van der Waals surface area contributed by atoms with Gasteiger partial charge in [0.1, 0.15) is 0 Å². The van der Waals surface area contributed by atoms with Gasteiger partial charge in [0, 0.05) is 0 Å². The molecule has 0 bridgehead atoms. The molecule has 3 radical (unpaired) electrons. The van der Waals surface area contributed by atoms with Crippen molar-refractivity contribution in [2.45, 2.75) is 76.0 Å². The molecular weight excluding hydrogens is 415 g/mol. The summed E-state index contributed by atoms with van der Waals surface area (Å²) in [5.41, 5.74) is 3.55. The van der Waals surface area contributed by atoms with Crippen LogP contribution >= 0.6 is 17.0 Å². The van der Waals surface area contributed by atoms with Gasteiger partial charge < -0.3 is 0 Å². The topological polar surface area (TPSA) is 0 Å². The van der Waals surface area contributed by atoms with Gasteiger partial charge in [-0.3, -0.25) is 0 Å². The van der Waals surface area contributed by atoms with Crippen LogP contribution in [0.25, 0.3) is 0 Å². The van der Waals surface area contributed by atoms with E-state index in [1.54, 1.807) is 37.2 Å². The summed E-state index contributed by atoms with van der Waals surface area (Å²) in [6.07, 6.45) is 14.5. The van der Waals surface area contributed by atoms with Gasteiger partial charge in [-0.15, -0.1) is 17.0 Å². The van der Waals surface area contributed by atoms with Gasteiger partial charge in [0.15, 0.2) is 0 Å². The molecule has 0 nitrogen and oxygen atoms in total. The minimum atomic E-state index is 0. The van der Waals surface area contributed by atoms with E-state index in [0.29, 0.717) is 0 Å². The molecule has 2 aliphatic carbocycles. The molecule has 2 saturated carbocycles. The van der Waals surface area contributed by atoms with E-state index in [2.05, 4.69) is 18.2 Å². The Hall–Kier alpha value is 0.499. The Morgan fingerprint density at radius 3 is 1.90 bits per heavy atom. The van der Waals surface area contributed by atoms with Crippen molar-refractivity contribution in [2.75, 3.05) is 0 Å². The fraction of sp³-hybridized carbons (Fsp3) is 0.667. The Bertz CT molecular complexity index is 417.